The second-order valence-electron chi connectivity index (χ2n) is 6.22. The molecule has 0 radical (unpaired) electrons. The Kier molecular flexibility index (Phi) is 4.66. The van der Waals surface area contributed by atoms with Gasteiger partial charge >= 0.3 is 5.97 Å². The van der Waals surface area contributed by atoms with Crippen LogP contribution in [0.15, 0.2) is 54.6 Å². The van der Waals surface area contributed by atoms with Crippen molar-refractivity contribution < 1.29 is 14.3 Å². The Hall–Kier alpha value is -2.37. The molecule has 6 heteroatoms. The standard InChI is InChI=1S/C20H16ClNO3S/c21-16-14-8-4-5-9-15(14)26-18(16)20(24)25-17(12-6-2-1-3-7-12)19(23)22-13-10-11-13/h1-9,13,17H,10-11H2,(H,22,23)/t17-/m0/s1. The molecule has 0 aliphatic heterocycles. The smallest absolute Gasteiger partial charge is 0.351 e. The number of benzene rings is 2. The molecule has 1 amide bonds. The van der Waals surface area contributed by atoms with Crippen molar-refractivity contribution in [3.05, 3.63) is 70.1 Å². The zero-order valence-corrected chi connectivity index (χ0v) is 15.3. The molecule has 1 aromatic heterocycles. The molecule has 1 atom stereocenters. The fraction of sp³-hybridized carbons (Fsp3) is 0.200. The number of hydrogen-bond acceptors (Lipinski definition) is 4. The van der Waals surface area contributed by atoms with Crippen molar-refractivity contribution in [2.75, 3.05) is 0 Å². The molecule has 0 saturated heterocycles. The first kappa shape index (κ1) is 17.1. The maximum atomic E-state index is 12.7. The predicted octanol–water partition coefficient (Wildman–Crippen LogP) is 4.73. The van der Waals surface area contributed by atoms with E-state index >= 15 is 0 Å². The lowest BCUT2D eigenvalue weighted by Gasteiger charge is -2.17. The number of hydrogen-bond donors (Lipinski definition) is 1. The summed E-state index contributed by atoms with van der Waals surface area (Å²) in [5.41, 5.74) is 0.635. The van der Waals surface area contributed by atoms with Crippen LogP contribution in [0, 0.1) is 0 Å². The van der Waals surface area contributed by atoms with Crippen LogP contribution in [-0.4, -0.2) is 17.9 Å². The molecule has 1 heterocycles. The van der Waals surface area contributed by atoms with E-state index in [2.05, 4.69) is 5.32 Å². The molecule has 0 unspecified atom stereocenters. The van der Waals surface area contributed by atoms with Gasteiger partial charge in [0.05, 0.1) is 5.02 Å². The molecule has 1 fully saturated rings. The van der Waals surface area contributed by atoms with Crippen LogP contribution in [0.5, 0.6) is 0 Å². The number of amides is 1. The zero-order valence-electron chi connectivity index (χ0n) is 13.8. The van der Waals surface area contributed by atoms with Gasteiger partial charge in [0.15, 0.2) is 0 Å². The summed E-state index contributed by atoms with van der Waals surface area (Å²) in [4.78, 5) is 25.7. The van der Waals surface area contributed by atoms with E-state index in [0.29, 0.717) is 15.5 Å². The molecule has 1 aliphatic carbocycles. The second-order valence-corrected chi connectivity index (χ2v) is 7.65. The van der Waals surface area contributed by atoms with Crippen LogP contribution in [0.2, 0.25) is 5.02 Å². The van der Waals surface area contributed by atoms with Crippen molar-refractivity contribution in [2.45, 2.75) is 25.0 Å². The number of halogens is 1. The summed E-state index contributed by atoms with van der Waals surface area (Å²) < 4.78 is 6.50. The van der Waals surface area contributed by atoms with Gasteiger partial charge in [-0.05, 0) is 18.9 Å². The Morgan fingerprint density at radius 2 is 1.77 bits per heavy atom. The summed E-state index contributed by atoms with van der Waals surface area (Å²) in [6.07, 6.45) is 0.928. The molecule has 4 rings (SSSR count). The number of fused-ring (bicyclic) bond motifs is 1. The van der Waals surface area contributed by atoms with Crippen LogP contribution in [0.1, 0.15) is 34.2 Å². The summed E-state index contributed by atoms with van der Waals surface area (Å²) in [6.45, 7) is 0. The quantitative estimate of drug-likeness (QED) is 0.646. The first-order valence-electron chi connectivity index (χ1n) is 8.37. The minimum absolute atomic E-state index is 0.181. The number of ether oxygens (including phenoxy) is 1. The Labute approximate surface area is 159 Å². The number of carbonyl (C=O) groups excluding carboxylic acids is 2. The van der Waals surface area contributed by atoms with Gasteiger partial charge in [-0.2, -0.15) is 0 Å². The van der Waals surface area contributed by atoms with Gasteiger partial charge < -0.3 is 10.1 Å². The number of esters is 1. The molecule has 0 spiro atoms. The summed E-state index contributed by atoms with van der Waals surface area (Å²) in [6, 6.07) is 16.7. The van der Waals surface area contributed by atoms with Crippen LogP contribution in [0.3, 0.4) is 0 Å². The molecule has 4 nitrogen and oxygen atoms in total. The largest absolute Gasteiger partial charge is 0.443 e. The molecular formula is C20H16ClNO3S. The normalized spacial score (nSPS) is 14.8. The predicted molar refractivity (Wildman–Crippen MR) is 103 cm³/mol. The topological polar surface area (TPSA) is 55.4 Å². The third-order valence-corrected chi connectivity index (χ3v) is 5.86. The average molecular weight is 386 g/mol. The molecule has 2 aromatic carbocycles. The lowest BCUT2D eigenvalue weighted by molar-refractivity contribution is -0.130. The first-order valence-corrected chi connectivity index (χ1v) is 9.56. The fourth-order valence-electron chi connectivity index (χ4n) is 2.71. The minimum Gasteiger partial charge on any atom is -0.443 e. The van der Waals surface area contributed by atoms with Crippen LogP contribution in [0.25, 0.3) is 10.1 Å². The summed E-state index contributed by atoms with van der Waals surface area (Å²) in [5.74, 6) is -0.889. The van der Waals surface area contributed by atoms with Gasteiger partial charge in [-0.25, -0.2) is 4.79 Å². The van der Waals surface area contributed by atoms with E-state index in [0.717, 1.165) is 22.9 Å². The van der Waals surface area contributed by atoms with Crippen molar-refractivity contribution in [1.82, 2.24) is 5.32 Å². The van der Waals surface area contributed by atoms with E-state index in [4.69, 9.17) is 16.3 Å². The Bertz CT molecular complexity index is 966. The highest BCUT2D eigenvalue weighted by Gasteiger charge is 2.32. The lowest BCUT2D eigenvalue weighted by Crippen LogP contribution is -2.33. The highest BCUT2D eigenvalue weighted by Crippen LogP contribution is 2.36. The van der Waals surface area contributed by atoms with Crippen molar-refractivity contribution in [3.8, 4) is 0 Å². The Morgan fingerprint density at radius 3 is 2.46 bits per heavy atom. The molecule has 1 aliphatic rings. The Balaban J connectivity index is 1.62. The molecule has 26 heavy (non-hydrogen) atoms. The van der Waals surface area contributed by atoms with E-state index in [1.54, 1.807) is 12.1 Å². The number of rotatable bonds is 5. The van der Waals surface area contributed by atoms with Gasteiger partial charge in [0.1, 0.15) is 4.88 Å². The SMILES string of the molecule is O=C(O[C@H](C(=O)NC1CC1)c1ccccc1)c1sc2ccccc2c1Cl. The first-order chi connectivity index (χ1) is 12.6. The molecule has 3 aromatic rings. The number of thiophene rings is 1. The van der Waals surface area contributed by atoms with E-state index in [-0.39, 0.29) is 11.9 Å². The van der Waals surface area contributed by atoms with Crippen molar-refractivity contribution in [2.24, 2.45) is 0 Å². The lowest BCUT2D eigenvalue weighted by atomic mass is 10.1. The van der Waals surface area contributed by atoms with Gasteiger partial charge in [0.2, 0.25) is 6.10 Å². The van der Waals surface area contributed by atoms with Gasteiger partial charge in [-0.1, -0.05) is 60.1 Å². The maximum Gasteiger partial charge on any atom is 0.351 e. The van der Waals surface area contributed by atoms with Crippen molar-refractivity contribution in [3.63, 3.8) is 0 Å². The number of nitrogens with one attached hydrogen (secondary N) is 1. The molecule has 0 bridgehead atoms. The van der Waals surface area contributed by atoms with Gasteiger partial charge in [0.25, 0.3) is 5.91 Å². The third-order valence-electron chi connectivity index (χ3n) is 4.21. The van der Waals surface area contributed by atoms with Crippen molar-refractivity contribution >= 4 is 44.9 Å². The van der Waals surface area contributed by atoms with Gasteiger partial charge in [-0.15, -0.1) is 11.3 Å². The molecule has 132 valence electrons. The van der Waals surface area contributed by atoms with Crippen molar-refractivity contribution in [1.29, 1.82) is 0 Å². The number of carbonyl (C=O) groups is 2. The van der Waals surface area contributed by atoms with Gasteiger partial charge in [-0.3, -0.25) is 4.79 Å². The van der Waals surface area contributed by atoms with Crippen LogP contribution < -0.4 is 5.32 Å². The zero-order chi connectivity index (χ0) is 18.1. The monoisotopic (exact) mass is 385 g/mol. The second kappa shape index (κ2) is 7.09. The Morgan fingerprint density at radius 1 is 1.08 bits per heavy atom. The minimum atomic E-state index is -0.995. The highest BCUT2D eigenvalue weighted by atomic mass is 35.5. The average Bonchev–Trinajstić information content (AvgIpc) is 3.42. The fourth-order valence-corrected chi connectivity index (χ4v) is 4.10. The maximum absolute atomic E-state index is 12.7. The van der Waals surface area contributed by atoms with E-state index < -0.39 is 12.1 Å². The van der Waals surface area contributed by atoms with Crippen LogP contribution in [-0.2, 0) is 9.53 Å². The molecule has 1 N–H and O–H groups in total. The summed E-state index contributed by atoms with van der Waals surface area (Å²) in [7, 11) is 0. The summed E-state index contributed by atoms with van der Waals surface area (Å²) in [5, 5.41) is 4.08. The van der Waals surface area contributed by atoms with Gasteiger partial charge in [0, 0.05) is 21.7 Å². The van der Waals surface area contributed by atoms with E-state index in [1.165, 1.54) is 11.3 Å². The molecule has 1 saturated carbocycles. The highest BCUT2D eigenvalue weighted by molar-refractivity contribution is 7.21. The van der Waals surface area contributed by atoms with Crippen LogP contribution in [0.4, 0.5) is 0 Å². The summed E-state index contributed by atoms with van der Waals surface area (Å²) >= 11 is 7.63. The van der Waals surface area contributed by atoms with Crippen LogP contribution >= 0.6 is 22.9 Å². The molecular weight excluding hydrogens is 370 g/mol. The van der Waals surface area contributed by atoms with E-state index in [9.17, 15) is 9.59 Å². The third kappa shape index (κ3) is 3.45. The van der Waals surface area contributed by atoms with E-state index in [1.807, 2.05) is 42.5 Å².